The van der Waals surface area contributed by atoms with Gasteiger partial charge in [0.1, 0.15) is 5.75 Å². The van der Waals surface area contributed by atoms with Crippen LogP contribution in [-0.4, -0.2) is 11.0 Å². The molecule has 0 aliphatic rings. The fourth-order valence-electron chi connectivity index (χ4n) is 1.87. The second kappa shape index (κ2) is 7.78. The van der Waals surface area contributed by atoms with E-state index in [1.807, 2.05) is 49.0 Å². The van der Waals surface area contributed by atoms with Crippen molar-refractivity contribution in [1.82, 2.24) is 0 Å². The van der Waals surface area contributed by atoms with Crippen molar-refractivity contribution in [3.05, 3.63) is 53.9 Å². The van der Waals surface area contributed by atoms with Gasteiger partial charge in [0, 0.05) is 12.1 Å². The predicted octanol–water partition coefficient (Wildman–Crippen LogP) is -0.671. The van der Waals surface area contributed by atoms with E-state index in [2.05, 4.69) is 5.32 Å². The van der Waals surface area contributed by atoms with Crippen LogP contribution in [0.1, 0.15) is 17.5 Å². The van der Waals surface area contributed by atoms with E-state index in [1.165, 1.54) is 5.56 Å². The number of phenols is 1. The van der Waals surface area contributed by atoms with Crippen molar-refractivity contribution in [3.8, 4) is 5.75 Å². The molecule has 0 aliphatic heterocycles. The number of pyridine rings is 1. The van der Waals surface area contributed by atoms with Crippen molar-refractivity contribution in [2.45, 2.75) is 26.8 Å². The number of nitrogens with zero attached hydrogens (tertiary/aromatic N) is 1. The van der Waals surface area contributed by atoms with Crippen LogP contribution in [0.25, 0.3) is 0 Å². The Morgan fingerprint density at radius 1 is 1.14 bits per heavy atom. The molecule has 0 atom stereocenters. The number of hydrogen-bond acceptors (Lipinski definition) is 2. The van der Waals surface area contributed by atoms with Crippen LogP contribution in [0.3, 0.4) is 0 Å². The van der Waals surface area contributed by atoms with E-state index in [0.717, 1.165) is 5.56 Å². The topological polar surface area (TPSA) is 53.2 Å². The van der Waals surface area contributed by atoms with Gasteiger partial charge in [0.2, 0.25) is 5.91 Å². The van der Waals surface area contributed by atoms with Gasteiger partial charge in [-0.3, -0.25) is 4.79 Å². The third-order valence-corrected chi connectivity index (χ3v) is 3.08. The molecule has 5 heteroatoms. The summed E-state index contributed by atoms with van der Waals surface area (Å²) < 4.78 is 1.96. The maximum absolute atomic E-state index is 11.9. The van der Waals surface area contributed by atoms with Gasteiger partial charge < -0.3 is 27.4 Å². The maximum Gasteiger partial charge on any atom is 0.230 e. The van der Waals surface area contributed by atoms with E-state index in [-0.39, 0.29) is 28.6 Å². The van der Waals surface area contributed by atoms with Crippen LogP contribution in [0.4, 0.5) is 5.69 Å². The highest BCUT2D eigenvalue weighted by atomic mass is 79.9. The standard InChI is InChI=1S/C16H18N2O2.BrH/c1-12-5-8-18(9-6-12)10-7-16(20)17-14-4-3-13(2)11-15(14)19;/h3-6,8-9,11H,7,10H2,1-2H3,(H-,17,19,20);1H. The van der Waals surface area contributed by atoms with Crippen molar-refractivity contribution >= 4 is 11.6 Å². The number of hydrogen-bond donors (Lipinski definition) is 2. The lowest BCUT2D eigenvalue weighted by molar-refractivity contribution is -0.695. The molecule has 2 N–H and O–H groups in total. The lowest BCUT2D eigenvalue weighted by atomic mass is 10.2. The molecule has 2 rings (SSSR count). The van der Waals surface area contributed by atoms with Gasteiger partial charge >= 0.3 is 0 Å². The molecule has 0 saturated heterocycles. The zero-order valence-corrected chi connectivity index (χ0v) is 13.7. The summed E-state index contributed by atoms with van der Waals surface area (Å²) in [6, 6.07) is 9.20. The summed E-state index contributed by atoms with van der Waals surface area (Å²) in [5, 5.41) is 12.5. The summed E-state index contributed by atoms with van der Waals surface area (Å²) >= 11 is 0. The first-order valence-corrected chi connectivity index (χ1v) is 6.60. The fourth-order valence-corrected chi connectivity index (χ4v) is 1.87. The molecule has 0 aliphatic carbocycles. The van der Waals surface area contributed by atoms with E-state index in [4.69, 9.17) is 0 Å². The van der Waals surface area contributed by atoms with Gasteiger partial charge in [0.05, 0.1) is 12.1 Å². The number of amides is 1. The average molecular weight is 351 g/mol. The Bertz CT molecular complexity index is 612. The Hall–Kier alpha value is -1.88. The molecular formula is C16H19BrN2O2. The van der Waals surface area contributed by atoms with Gasteiger partial charge in [-0.15, -0.1) is 0 Å². The molecule has 1 aromatic carbocycles. The Morgan fingerprint density at radius 3 is 2.43 bits per heavy atom. The van der Waals surface area contributed by atoms with E-state index >= 15 is 0 Å². The Morgan fingerprint density at radius 2 is 1.81 bits per heavy atom. The quantitative estimate of drug-likeness (QED) is 0.567. The maximum atomic E-state index is 11.9. The highest BCUT2D eigenvalue weighted by molar-refractivity contribution is 5.92. The number of benzene rings is 1. The average Bonchev–Trinajstić information content (AvgIpc) is 2.41. The number of aryl methyl sites for hydroxylation is 3. The molecule has 0 fully saturated rings. The molecule has 0 saturated carbocycles. The highest BCUT2D eigenvalue weighted by Crippen LogP contribution is 2.23. The summed E-state index contributed by atoms with van der Waals surface area (Å²) in [4.78, 5) is 11.9. The molecule has 112 valence electrons. The van der Waals surface area contributed by atoms with Crippen LogP contribution in [-0.2, 0) is 11.3 Å². The van der Waals surface area contributed by atoms with Gasteiger partial charge in [-0.2, -0.15) is 0 Å². The number of aromatic nitrogens is 1. The highest BCUT2D eigenvalue weighted by Gasteiger charge is 2.09. The lowest BCUT2D eigenvalue weighted by Gasteiger charge is -2.07. The summed E-state index contributed by atoms with van der Waals surface area (Å²) in [7, 11) is 0. The van der Waals surface area contributed by atoms with Gasteiger partial charge in [-0.25, -0.2) is 4.57 Å². The molecule has 4 nitrogen and oxygen atoms in total. The van der Waals surface area contributed by atoms with Gasteiger partial charge in [-0.1, -0.05) is 6.07 Å². The van der Waals surface area contributed by atoms with E-state index < -0.39 is 0 Å². The zero-order chi connectivity index (χ0) is 14.5. The van der Waals surface area contributed by atoms with Crippen molar-refractivity contribution < 1.29 is 31.4 Å². The number of halogens is 1. The molecular weight excluding hydrogens is 332 g/mol. The molecule has 0 spiro atoms. The largest absolute Gasteiger partial charge is 1.00 e. The van der Waals surface area contributed by atoms with E-state index in [0.29, 0.717) is 18.7 Å². The third-order valence-electron chi connectivity index (χ3n) is 3.08. The minimum atomic E-state index is -0.114. The van der Waals surface area contributed by atoms with Crippen molar-refractivity contribution in [2.75, 3.05) is 5.32 Å². The summed E-state index contributed by atoms with van der Waals surface area (Å²) in [6.45, 7) is 4.52. The second-order valence-corrected chi connectivity index (χ2v) is 4.93. The first kappa shape index (κ1) is 17.2. The number of aromatic hydroxyl groups is 1. The smallest absolute Gasteiger partial charge is 0.230 e. The minimum Gasteiger partial charge on any atom is -1.00 e. The second-order valence-electron chi connectivity index (χ2n) is 4.93. The number of rotatable bonds is 4. The number of phenolic OH excluding ortho intramolecular Hbond substituents is 1. The van der Waals surface area contributed by atoms with Crippen LogP contribution < -0.4 is 26.9 Å². The SMILES string of the molecule is Cc1cc[n+](CCC(=O)Nc2ccc(C)cc2O)cc1.[Br-]. The zero-order valence-electron chi connectivity index (χ0n) is 12.1. The first-order chi connectivity index (χ1) is 9.54. The van der Waals surface area contributed by atoms with Crippen molar-refractivity contribution in [2.24, 2.45) is 0 Å². The molecule has 1 amide bonds. The van der Waals surface area contributed by atoms with Crippen LogP contribution in [0.15, 0.2) is 42.7 Å². The normalized spacial score (nSPS) is 9.81. The molecule has 1 aromatic heterocycles. The number of nitrogens with one attached hydrogen (secondary N) is 1. The summed E-state index contributed by atoms with van der Waals surface area (Å²) in [5.41, 5.74) is 2.60. The van der Waals surface area contributed by atoms with Gasteiger partial charge in [0.15, 0.2) is 18.9 Å². The van der Waals surface area contributed by atoms with Crippen molar-refractivity contribution in [1.29, 1.82) is 0 Å². The summed E-state index contributed by atoms with van der Waals surface area (Å²) in [5.74, 6) is -0.0152. The molecule has 0 bridgehead atoms. The van der Waals surface area contributed by atoms with Crippen LogP contribution in [0.5, 0.6) is 5.75 Å². The Kier molecular flexibility index (Phi) is 6.37. The fraction of sp³-hybridized carbons (Fsp3) is 0.250. The first-order valence-electron chi connectivity index (χ1n) is 6.60. The number of carbonyl (C=O) groups is 1. The molecule has 1 heterocycles. The molecule has 0 radical (unpaired) electrons. The molecule has 0 unspecified atom stereocenters. The van der Waals surface area contributed by atoms with Gasteiger partial charge in [0.25, 0.3) is 0 Å². The van der Waals surface area contributed by atoms with E-state index in [1.54, 1.807) is 12.1 Å². The number of carbonyl (C=O) groups excluding carboxylic acids is 1. The third kappa shape index (κ3) is 5.19. The van der Waals surface area contributed by atoms with Crippen molar-refractivity contribution in [3.63, 3.8) is 0 Å². The van der Waals surface area contributed by atoms with Crippen LogP contribution in [0.2, 0.25) is 0 Å². The minimum absolute atomic E-state index is 0. The Balaban J connectivity index is 0.00000220. The van der Waals surface area contributed by atoms with Crippen LogP contribution >= 0.6 is 0 Å². The molecule has 2 aromatic rings. The molecule has 21 heavy (non-hydrogen) atoms. The number of anilines is 1. The van der Waals surface area contributed by atoms with E-state index in [9.17, 15) is 9.90 Å². The lowest BCUT2D eigenvalue weighted by Crippen LogP contribution is -3.00. The Labute approximate surface area is 135 Å². The van der Waals surface area contributed by atoms with Crippen LogP contribution in [0, 0.1) is 13.8 Å². The summed E-state index contributed by atoms with van der Waals surface area (Å²) in [6.07, 6.45) is 4.26. The predicted molar refractivity (Wildman–Crippen MR) is 77.5 cm³/mol. The van der Waals surface area contributed by atoms with Gasteiger partial charge in [-0.05, 0) is 37.1 Å². The monoisotopic (exact) mass is 350 g/mol.